The third-order valence-electron chi connectivity index (χ3n) is 3.08. The number of benzene rings is 2. The molecule has 21 heavy (non-hydrogen) atoms. The summed E-state index contributed by atoms with van der Waals surface area (Å²) in [5.41, 5.74) is 8.34. The van der Waals surface area contributed by atoms with Gasteiger partial charge < -0.3 is 15.2 Å². The molecule has 0 saturated heterocycles. The Labute approximate surface area is 132 Å². The van der Waals surface area contributed by atoms with Crippen LogP contribution in [0.1, 0.15) is 21.5 Å². The Balaban J connectivity index is 2.14. The summed E-state index contributed by atoms with van der Waals surface area (Å²) in [6.07, 6.45) is 0. The van der Waals surface area contributed by atoms with Crippen LogP contribution in [0.2, 0.25) is 0 Å². The van der Waals surface area contributed by atoms with Gasteiger partial charge in [0.2, 0.25) is 0 Å². The Kier molecular flexibility index (Phi) is 4.85. The Morgan fingerprint density at radius 2 is 2.00 bits per heavy atom. The minimum absolute atomic E-state index is 0.135. The van der Waals surface area contributed by atoms with Crippen LogP contribution in [0.3, 0.4) is 0 Å². The van der Waals surface area contributed by atoms with Crippen molar-refractivity contribution >= 4 is 27.6 Å². The van der Waals surface area contributed by atoms with Gasteiger partial charge in [-0.25, -0.2) is 4.79 Å². The van der Waals surface area contributed by atoms with Gasteiger partial charge in [-0.1, -0.05) is 22.0 Å². The molecule has 0 unspecified atom stereocenters. The minimum Gasteiger partial charge on any atom is -0.496 e. The average Bonchev–Trinajstić information content (AvgIpc) is 2.47. The van der Waals surface area contributed by atoms with Crippen molar-refractivity contribution in [3.8, 4) is 5.75 Å². The molecule has 2 rings (SSSR count). The van der Waals surface area contributed by atoms with Crippen LogP contribution in [0.5, 0.6) is 5.75 Å². The molecular formula is C16H16BrNO3. The van der Waals surface area contributed by atoms with Gasteiger partial charge in [0.15, 0.2) is 0 Å². The monoisotopic (exact) mass is 349 g/mol. The molecular weight excluding hydrogens is 334 g/mol. The summed E-state index contributed by atoms with van der Waals surface area (Å²) in [7, 11) is 1.58. The number of anilines is 1. The lowest BCUT2D eigenvalue weighted by Gasteiger charge is -2.11. The van der Waals surface area contributed by atoms with Crippen molar-refractivity contribution in [3.63, 3.8) is 0 Å². The number of rotatable bonds is 4. The van der Waals surface area contributed by atoms with E-state index in [1.54, 1.807) is 25.3 Å². The van der Waals surface area contributed by atoms with Gasteiger partial charge >= 0.3 is 5.97 Å². The smallest absolute Gasteiger partial charge is 0.338 e. The van der Waals surface area contributed by atoms with Gasteiger partial charge in [0.05, 0.1) is 12.7 Å². The van der Waals surface area contributed by atoms with E-state index in [9.17, 15) is 4.79 Å². The molecule has 0 aliphatic heterocycles. The Bertz CT molecular complexity index is 671. The highest BCUT2D eigenvalue weighted by Gasteiger charge is 2.13. The van der Waals surface area contributed by atoms with Crippen LogP contribution in [0.4, 0.5) is 5.69 Å². The number of carbonyl (C=O) groups excluding carboxylic acids is 1. The molecule has 0 spiro atoms. The summed E-state index contributed by atoms with van der Waals surface area (Å²) in [4.78, 5) is 12.1. The molecule has 0 amide bonds. The van der Waals surface area contributed by atoms with Crippen LogP contribution in [0, 0.1) is 6.92 Å². The van der Waals surface area contributed by atoms with E-state index < -0.39 is 5.97 Å². The number of methoxy groups -OCH3 is 1. The van der Waals surface area contributed by atoms with Gasteiger partial charge in [0.25, 0.3) is 0 Å². The fourth-order valence-electron chi connectivity index (χ4n) is 1.94. The highest BCUT2D eigenvalue weighted by Crippen LogP contribution is 2.24. The fourth-order valence-corrected chi connectivity index (χ4v) is 2.35. The van der Waals surface area contributed by atoms with E-state index in [1.165, 1.54) is 0 Å². The summed E-state index contributed by atoms with van der Waals surface area (Å²) in [6, 6.07) is 10.7. The predicted octanol–water partition coefficient (Wildman–Crippen LogP) is 3.71. The van der Waals surface area contributed by atoms with E-state index in [2.05, 4.69) is 15.9 Å². The van der Waals surface area contributed by atoms with Crippen molar-refractivity contribution in [3.05, 3.63) is 57.6 Å². The molecule has 0 atom stereocenters. The van der Waals surface area contributed by atoms with E-state index in [0.717, 1.165) is 15.6 Å². The Hall–Kier alpha value is -2.01. The summed E-state index contributed by atoms with van der Waals surface area (Å²) >= 11 is 3.39. The zero-order chi connectivity index (χ0) is 15.4. The van der Waals surface area contributed by atoms with E-state index in [-0.39, 0.29) is 6.61 Å². The van der Waals surface area contributed by atoms with Crippen LogP contribution in [0.25, 0.3) is 0 Å². The maximum Gasteiger partial charge on any atom is 0.338 e. The number of esters is 1. The van der Waals surface area contributed by atoms with E-state index in [4.69, 9.17) is 15.2 Å². The van der Waals surface area contributed by atoms with E-state index >= 15 is 0 Å². The largest absolute Gasteiger partial charge is 0.496 e. The maximum atomic E-state index is 12.1. The zero-order valence-corrected chi connectivity index (χ0v) is 13.4. The maximum absolute atomic E-state index is 12.1. The number of nitrogen functional groups attached to an aromatic ring is 1. The van der Waals surface area contributed by atoms with Crippen molar-refractivity contribution < 1.29 is 14.3 Å². The van der Waals surface area contributed by atoms with Crippen LogP contribution in [-0.4, -0.2) is 13.1 Å². The second-order valence-corrected chi connectivity index (χ2v) is 5.52. The first-order valence-electron chi connectivity index (χ1n) is 6.37. The van der Waals surface area contributed by atoms with Crippen molar-refractivity contribution in [1.82, 2.24) is 0 Å². The third-order valence-corrected chi connectivity index (χ3v) is 3.58. The van der Waals surface area contributed by atoms with E-state index in [0.29, 0.717) is 17.0 Å². The summed E-state index contributed by atoms with van der Waals surface area (Å²) in [5.74, 6) is 0.275. The van der Waals surface area contributed by atoms with Gasteiger partial charge in [0, 0.05) is 15.7 Å². The van der Waals surface area contributed by atoms with Crippen LogP contribution < -0.4 is 10.5 Å². The number of ether oxygens (including phenoxy) is 2. The molecule has 5 heteroatoms. The van der Waals surface area contributed by atoms with Crippen LogP contribution >= 0.6 is 15.9 Å². The lowest BCUT2D eigenvalue weighted by Crippen LogP contribution is -2.08. The first kappa shape index (κ1) is 15.4. The summed E-state index contributed by atoms with van der Waals surface area (Å²) in [5, 5.41) is 0. The zero-order valence-electron chi connectivity index (χ0n) is 11.9. The number of nitrogens with two attached hydrogens (primary N) is 1. The van der Waals surface area contributed by atoms with Crippen molar-refractivity contribution in [2.75, 3.05) is 12.8 Å². The number of hydrogen-bond donors (Lipinski definition) is 1. The molecule has 2 aromatic carbocycles. The van der Waals surface area contributed by atoms with Gasteiger partial charge in [-0.15, -0.1) is 0 Å². The number of hydrogen-bond acceptors (Lipinski definition) is 4. The highest BCUT2D eigenvalue weighted by atomic mass is 79.9. The SMILES string of the molecule is COc1ccc(Br)cc1COC(=O)c1cc(N)ccc1C. The van der Waals surface area contributed by atoms with Crippen molar-refractivity contribution in [2.45, 2.75) is 13.5 Å². The summed E-state index contributed by atoms with van der Waals surface area (Å²) in [6.45, 7) is 1.98. The number of aryl methyl sites for hydroxylation is 1. The second kappa shape index (κ2) is 6.63. The lowest BCUT2D eigenvalue weighted by molar-refractivity contribution is 0.0469. The summed E-state index contributed by atoms with van der Waals surface area (Å²) < 4.78 is 11.5. The minimum atomic E-state index is -0.401. The topological polar surface area (TPSA) is 61.5 Å². The third kappa shape index (κ3) is 3.76. The van der Waals surface area contributed by atoms with Crippen molar-refractivity contribution in [2.24, 2.45) is 0 Å². The van der Waals surface area contributed by atoms with Gasteiger partial charge in [-0.05, 0) is 42.8 Å². The highest BCUT2D eigenvalue weighted by molar-refractivity contribution is 9.10. The second-order valence-electron chi connectivity index (χ2n) is 4.61. The lowest BCUT2D eigenvalue weighted by atomic mass is 10.1. The van der Waals surface area contributed by atoms with E-state index in [1.807, 2.05) is 25.1 Å². The first-order chi connectivity index (χ1) is 10.0. The molecule has 0 aliphatic rings. The standard InChI is InChI=1S/C16H16BrNO3/c1-10-3-5-13(18)8-14(10)16(19)21-9-11-7-12(17)4-6-15(11)20-2/h3-8H,9,18H2,1-2H3. The normalized spacial score (nSPS) is 10.2. The molecule has 0 heterocycles. The van der Waals surface area contributed by atoms with Crippen LogP contribution in [-0.2, 0) is 11.3 Å². The Morgan fingerprint density at radius 1 is 1.24 bits per heavy atom. The molecule has 4 nitrogen and oxygen atoms in total. The molecule has 110 valence electrons. The molecule has 0 aliphatic carbocycles. The molecule has 0 bridgehead atoms. The predicted molar refractivity (Wildman–Crippen MR) is 85.4 cm³/mol. The Morgan fingerprint density at radius 3 is 2.71 bits per heavy atom. The van der Waals surface area contributed by atoms with Crippen LogP contribution in [0.15, 0.2) is 40.9 Å². The fraction of sp³-hybridized carbons (Fsp3) is 0.188. The molecule has 0 radical (unpaired) electrons. The number of carbonyl (C=O) groups is 1. The molecule has 2 aromatic rings. The average molecular weight is 350 g/mol. The van der Waals surface area contributed by atoms with Gasteiger partial charge in [-0.3, -0.25) is 0 Å². The van der Waals surface area contributed by atoms with Crippen molar-refractivity contribution in [1.29, 1.82) is 0 Å². The van der Waals surface area contributed by atoms with Gasteiger partial charge in [-0.2, -0.15) is 0 Å². The van der Waals surface area contributed by atoms with Gasteiger partial charge in [0.1, 0.15) is 12.4 Å². The molecule has 2 N–H and O–H groups in total. The first-order valence-corrected chi connectivity index (χ1v) is 7.16. The molecule has 0 saturated carbocycles. The molecule has 0 aromatic heterocycles. The number of halogens is 1. The molecule has 0 fully saturated rings. The quantitative estimate of drug-likeness (QED) is 0.675.